The summed E-state index contributed by atoms with van der Waals surface area (Å²) in [4.78, 5) is 13.5. The lowest BCUT2D eigenvalue weighted by molar-refractivity contribution is 0.0697. The first-order chi connectivity index (χ1) is 8.51. The summed E-state index contributed by atoms with van der Waals surface area (Å²) < 4.78 is 0. The molecule has 3 nitrogen and oxygen atoms in total. The lowest BCUT2D eigenvalue weighted by Crippen LogP contribution is -2.30. The molecule has 1 aromatic rings. The number of aromatic carboxylic acids is 1. The second-order valence-corrected chi connectivity index (χ2v) is 4.83. The van der Waals surface area contributed by atoms with E-state index in [1.165, 1.54) is 0 Å². The quantitative estimate of drug-likeness (QED) is 0.838. The first-order valence-corrected chi connectivity index (χ1v) is 6.59. The van der Waals surface area contributed by atoms with Crippen molar-refractivity contribution in [3.05, 3.63) is 29.3 Å². The van der Waals surface area contributed by atoms with Gasteiger partial charge in [0.2, 0.25) is 0 Å². The van der Waals surface area contributed by atoms with Crippen LogP contribution in [0.5, 0.6) is 0 Å². The highest BCUT2D eigenvalue weighted by molar-refractivity contribution is 5.95. The normalized spacial score (nSPS) is 12.2. The van der Waals surface area contributed by atoms with Crippen molar-refractivity contribution in [2.45, 2.75) is 34.1 Å². The molecule has 1 N–H and O–H groups in total. The molecule has 0 bridgehead atoms. The van der Waals surface area contributed by atoms with Crippen LogP contribution in [-0.2, 0) is 0 Å². The summed E-state index contributed by atoms with van der Waals surface area (Å²) in [6.45, 7) is 10.1. The Morgan fingerprint density at radius 3 is 2.56 bits per heavy atom. The van der Waals surface area contributed by atoms with Crippen molar-refractivity contribution in [2.75, 3.05) is 18.0 Å². The minimum absolute atomic E-state index is 0.403. The Morgan fingerprint density at radius 2 is 2.06 bits per heavy atom. The fourth-order valence-electron chi connectivity index (χ4n) is 2.14. The van der Waals surface area contributed by atoms with Crippen molar-refractivity contribution in [1.29, 1.82) is 0 Å². The van der Waals surface area contributed by atoms with Crippen molar-refractivity contribution < 1.29 is 9.90 Å². The standard InChI is InChI=1S/C15H23NO2/c1-5-11(3)10-16(6-2)14-12(4)8-7-9-13(14)15(17)18/h7-9,11H,5-6,10H2,1-4H3,(H,17,18). The number of carbonyl (C=O) groups is 1. The molecule has 0 aromatic heterocycles. The molecule has 1 rings (SSSR count). The molecule has 0 heterocycles. The third-order valence-corrected chi connectivity index (χ3v) is 3.40. The lowest BCUT2D eigenvalue weighted by Gasteiger charge is -2.29. The summed E-state index contributed by atoms with van der Waals surface area (Å²) in [5.41, 5.74) is 2.30. The van der Waals surface area contributed by atoms with Crippen molar-refractivity contribution in [2.24, 2.45) is 5.92 Å². The summed E-state index contributed by atoms with van der Waals surface area (Å²) in [6.07, 6.45) is 1.10. The summed E-state index contributed by atoms with van der Waals surface area (Å²) in [7, 11) is 0. The van der Waals surface area contributed by atoms with Crippen LogP contribution in [-0.4, -0.2) is 24.2 Å². The number of hydrogen-bond acceptors (Lipinski definition) is 2. The van der Waals surface area contributed by atoms with Gasteiger partial charge in [0.25, 0.3) is 0 Å². The maximum Gasteiger partial charge on any atom is 0.337 e. The van der Waals surface area contributed by atoms with E-state index in [1.807, 2.05) is 13.0 Å². The molecule has 0 radical (unpaired) electrons. The zero-order chi connectivity index (χ0) is 13.7. The summed E-state index contributed by atoms with van der Waals surface area (Å²) in [6, 6.07) is 5.46. The van der Waals surface area contributed by atoms with Crippen molar-refractivity contribution in [3.63, 3.8) is 0 Å². The van der Waals surface area contributed by atoms with Gasteiger partial charge < -0.3 is 10.0 Å². The SMILES string of the molecule is CCC(C)CN(CC)c1c(C)cccc1C(=O)O. The van der Waals surface area contributed by atoms with Crippen molar-refractivity contribution in [1.82, 2.24) is 0 Å². The number of benzene rings is 1. The first kappa shape index (κ1) is 14.6. The molecule has 0 aliphatic carbocycles. The van der Waals surface area contributed by atoms with Crippen LogP contribution in [0.2, 0.25) is 0 Å². The van der Waals surface area contributed by atoms with Gasteiger partial charge in [-0.3, -0.25) is 0 Å². The van der Waals surface area contributed by atoms with Crippen LogP contribution >= 0.6 is 0 Å². The van der Waals surface area contributed by atoms with Gasteiger partial charge in [0.05, 0.1) is 11.3 Å². The predicted molar refractivity (Wildman–Crippen MR) is 75.5 cm³/mol. The van der Waals surface area contributed by atoms with Gasteiger partial charge in [-0.25, -0.2) is 4.79 Å². The Hall–Kier alpha value is -1.51. The first-order valence-electron chi connectivity index (χ1n) is 6.59. The highest BCUT2D eigenvalue weighted by Crippen LogP contribution is 2.26. The average Bonchev–Trinajstić information content (AvgIpc) is 2.35. The minimum atomic E-state index is -0.851. The second-order valence-electron chi connectivity index (χ2n) is 4.83. The van der Waals surface area contributed by atoms with Gasteiger partial charge in [0, 0.05) is 13.1 Å². The molecule has 1 unspecified atom stereocenters. The topological polar surface area (TPSA) is 40.5 Å². The fourth-order valence-corrected chi connectivity index (χ4v) is 2.14. The van der Waals surface area contributed by atoms with Crippen molar-refractivity contribution in [3.8, 4) is 0 Å². The Balaban J connectivity index is 3.15. The van der Waals surface area contributed by atoms with E-state index in [0.29, 0.717) is 11.5 Å². The Morgan fingerprint density at radius 1 is 1.39 bits per heavy atom. The van der Waals surface area contributed by atoms with Crippen LogP contribution in [0.4, 0.5) is 5.69 Å². The van der Waals surface area contributed by atoms with Gasteiger partial charge >= 0.3 is 5.97 Å². The van der Waals surface area contributed by atoms with Gasteiger partial charge in [-0.05, 0) is 31.4 Å². The van der Waals surface area contributed by atoms with Crippen LogP contribution in [0.15, 0.2) is 18.2 Å². The third-order valence-electron chi connectivity index (χ3n) is 3.40. The van der Waals surface area contributed by atoms with Crippen LogP contribution in [0, 0.1) is 12.8 Å². The van der Waals surface area contributed by atoms with E-state index >= 15 is 0 Å². The maximum absolute atomic E-state index is 11.3. The average molecular weight is 249 g/mol. The van der Waals surface area contributed by atoms with Gasteiger partial charge in [-0.1, -0.05) is 32.4 Å². The van der Waals surface area contributed by atoms with Gasteiger partial charge in [-0.15, -0.1) is 0 Å². The van der Waals surface area contributed by atoms with Gasteiger partial charge in [0.1, 0.15) is 0 Å². The highest BCUT2D eigenvalue weighted by atomic mass is 16.4. The van der Waals surface area contributed by atoms with E-state index in [-0.39, 0.29) is 0 Å². The molecular weight excluding hydrogens is 226 g/mol. The number of carboxylic acid groups (broad SMARTS) is 1. The summed E-state index contributed by atoms with van der Waals surface area (Å²) in [5.74, 6) is -0.289. The molecule has 0 amide bonds. The van der Waals surface area contributed by atoms with E-state index < -0.39 is 5.97 Å². The summed E-state index contributed by atoms with van der Waals surface area (Å²) in [5, 5.41) is 9.30. The number of aryl methyl sites for hydroxylation is 1. The van der Waals surface area contributed by atoms with Crippen LogP contribution in [0.1, 0.15) is 43.1 Å². The second kappa shape index (κ2) is 6.43. The third kappa shape index (κ3) is 3.25. The molecule has 0 saturated heterocycles. The smallest absolute Gasteiger partial charge is 0.337 e. The molecule has 0 aliphatic heterocycles. The zero-order valence-electron chi connectivity index (χ0n) is 11.7. The van der Waals surface area contributed by atoms with Crippen molar-refractivity contribution >= 4 is 11.7 Å². The maximum atomic E-state index is 11.3. The number of para-hydroxylation sites is 1. The molecule has 1 atom stereocenters. The largest absolute Gasteiger partial charge is 0.478 e. The number of hydrogen-bond donors (Lipinski definition) is 1. The zero-order valence-corrected chi connectivity index (χ0v) is 11.7. The monoisotopic (exact) mass is 249 g/mol. The molecule has 18 heavy (non-hydrogen) atoms. The highest BCUT2D eigenvalue weighted by Gasteiger charge is 2.18. The Labute approximate surface area is 109 Å². The number of nitrogens with zero attached hydrogens (tertiary/aromatic N) is 1. The molecule has 0 spiro atoms. The molecule has 0 fully saturated rings. The van der Waals surface area contributed by atoms with Gasteiger partial charge in [0.15, 0.2) is 0 Å². The number of anilines is 1. The number of carboxylic acids is 1. The van der Waals surface area contributed by atoms with E-state index in [4.69, 9.17) is 0 Å². The van der Waals surface area contributed by atoms with Crippen LogP contribution < -0.4 is 4.90 Å². The lowest BCUT2D eigenvalue weighted by atomic mass is 10.0. The Kier molecular flexibility index (Phi) is 5.20. The summed E-state index contributed by atoms with van der Waals surface area (Å²) >= 11 is 0. The van der Waals surface area contributed by atoms with E-state index in [2.05, 4.69) is 25.7 Å². The molecule has 0 saturated carbocycles. The van der Waals surface area contributed by atoms with E-state index in [0.717, 1.165) is 30.8 Å². The minimum Gasteiger partial charge on any atom is -0.478 e. The van der Waals surface area contributed by atoms with Crippen LogP contribution in [0.3, 0.4) is 0 Å². The fraction of sp³-hybridized carbons (Fsp3) is 0.533. The van der Waals surface area contributed by atoms with E-state index in [9.17, 15) is 9.90 Å². The molecule has 100 valence electrons. The molecule has 1 aromatic carbocycles. The molecule has 0 aliphatic rings. The Bertz CT molecular complexity index is 415. The van der Waals surface area contributed by atoms with Crippen LogP contribution in [0.25, 0.3) is 0 Å². The predicted octanol–water partition coefficient (Wildman–Crippen LogP) is 3.57. The molecular formula is C15H23NO2. The number of rotatable bonds is 6. The van der Waals surface area contributed by atoms with E-state index in [1.54, 1.807) is 12.1 Å². The molecule has 3 heteroatoms. The van der Waals surface area contributed by atoms with Gasteiger partial charge in [-0.2, -0.15) is 0 Å².